The van der Waals surface area contributed by atoms with E-state index in [2.05, 4.69) is 10.3 Å². The van der Waals surface area contributed by atoms with Crippen LogP contribution in [0.1, 0.15) is 16.8 Å². The molecule has 0 spiro atoms. The first-order chi connectivity index (χ1) is 9.84. The maximum atomic E-state index is 12.6. The smallest absolute Gasteiger partial charge is 0.326 e. The molecule has 3 nitrogen and oxygen atoms in total. The highest BCUT2D eigenvalue weighted by atomic mass is 19.4. The number of nitrogens with one attached hydrogen (secondary N) is 1. The van der Waals surface area contributed by atoms with Gasteiger partial charge >= 0.3 is 6.18 Å². The number of halogens is 3. The monoisotopic (exact) mass is 294 g/mol. The molecule has 21 heavy (non-hydrogen) atoms. The lowest BCUT2D eigenvalue weighted by Crippen LogP contribution is -2.15. The second kappa shape index (κ2) is 5.95. The van der Waals surface area contributed by atoms with E-state index >= 15 is 0 Å². The molecule has 0 aliphatic heterocycles. The summed E-state index contributed by atoms with van der Waals surface area (Å²) in [6, 6.07) is 8.07. The number of aromatic nitrogens is 1. The molecule has 0 aliphatic rings. The molecule has 110 valence electrons. The quantitative estimate of drug-likeness (QED) is 0.940. The Labute approximate surface area is 119 Å². The maximum absolute atomic E-state index is 12.6. The molecule has 1 N–H and O–H groups in total. The number of benzene rings is 1. The first kappa shape index (κ1) is 15.0. The van der Waals surface area contributed by atoms with Crippen molar-refractivity contribution in [3.63, 3.8) is 0 Å². The van der Waals surface area contributed by atoms with Crippen LogP contribution < -0.4 is 5.32 Å². The van der Waals surface area contributed by atoms with E-state index in [4.69, 9.17) is 0 Å². The van der Waals surface area contributed by atoms with Gasteiger partial charge < -0.3 is 5.32 Å². The number of hydrogen-bond donors (Lipinski definition) is 1. The Morgan fingerprint density at radius 3 is 2.62 bits per heavy atom. The third-order valence-electron chi connectivity index (χ3n) is 2.81. The van der Waals surface area contributed by atoms with Crippen LogP contribution in [-0.4, -0.2) is 10.9 Å². The normalized spacial score (nSPS) is 11.2. The Morgan fingerprint density at radius 1 is 1.24 bits per heavy atom. The molecule has 1 amide bonds. The van der Waals surface area contributed by atoms with Gasteiger partial charge in [0.15, 0.2) is 0 Å². The summed E-state index contributed by atoms with van der Waals surface area (Å²) in [5, 5.41) is 2.45. The second-order valence-electron chi connectivity index (χ2n) is 4.61. The van der Waals surface area contributed by atoms with Crippen molar-refractivity contribution in [1.29, 1.82) is 0 Å². The Balaban J connectivity index is 2.04. The minimum Gasteiger partial charge on any atom is -0.326 e. The molecule has 1 aromatic heterocycles. The highest BCUT2D eigenvalue weighted by molar-refractivity contribution is 5.92. The molecule has 0 saturated carbocycles. The fourth-order valence-electron chi connectivity index (χ4n) is 1.77. The minimum atomic E-state index is -4.43. The van der Waals surface area contributed by atoms with Gasteiger partial charge in [-0.05, 0) is 36.8 Å². The molecule has 0 unspecified atom stereocenters. The van der Waals surface area contributed by atoms with Gasteiger partial charge in [-0.25, -0.2) is 0 Å². The van der Waals surface area contributed by atoms with Crippen molar-refractivity contribution in [3.8, 4) is 0 Å². The fourth-order valence-corrected chi connectivity index (χ4v) is 1.77. The molecule has 2 aromatic rings. The van der Waals surface area contributed by atoms with Crippen molar-refractivity contribution in [2.24, 2.45) is 0 Å². The number of rotatable bonds is 3. The predicted molar refractivity (Wildman–Crippen MR) is 72.8 cm³/mol. The number of hydrogen-bond acceptors (Lipinski definition) is 2. The molecule has 1 aromatic carbocycles. The van der Waals surface area contributed by atoms with E-state index in [9.17, 15) is 18.0 Å². The van der Waals surface area contributed by atoms with Crippen LogP contribution in [-0.2, 0) is 17.4 Å². The van der Waals surface area contributed by atoms with Gasteiger partial charge in [0.05, 0.1) is 12.0 Å². The standard InChI is InChI=1S/C15H13F3N2O/c1-10-5-6-11(9-19-10)7-14(21)20-13-4-2-3-12(8-13)15(16,17)18/h2-6,8-9H,7H2,1H3,(H,20,21). The number of carbonyl (C=O) groups excluding carboxylic acids is 1. The van der Waals surface area contributed by atoms with Gasteiger partial charge in [0.2, 0.25) is 5.91 Å². The molecule has 0 atom stereocenters. The molecule has 0 bridgehead atoms. The lowest BCUT2D eigenvalue weighted by Gasteiger charge is -2.10. The van der Waals surface area contributed by atoms with Crippen molar-refractivity contribution in [2.75, 3.05) is 5.32 Å². The van der Waals surface area contributed by atoms with Crippen LogP contribution in [0.4, 0.5) is 18.9 Å². The van der Waals surface area contributed by atoms with Crippen molar-refractivity contribution < 1.29 is 18.0 Å². The first-order valence-corrected chi connectivity index (χ1v) is 6.23. The van der Waals surface area contributed by atoms with Crippen molar-refractivity contribution in [2.45, 2.75) is 19.5 Å². The number of anilines is 1. The van der Waals surface area contributed by atoms with Gasteiger partial charge in [0, 0.05) is 17.6 Å². The molecule has 0 fully saturated rings. The summed E-state index contributed by atoms with van der Waals surface area (Å²) in [5.41, 5.74) is 0.856. The number of nitrogens with zero attached hydrogens (tertiary/aromatic N) is 1. The van der Waals surface area contributed by atoms with Crippen LogP contribution in [0.2, 0.25) is 0 Å². The fraction of sp³-hybridized carbons (Fsp3) is 0.200. The van der Waals surface area contributed by atoms with Gasteiger partial charge in [-0.15, -0.1) is 0 Å². The largest absolute Gasteiger partial charge is 0.416 e. The highest BCUT2D eigenvalue weighted by Gasteiger charge is 2.30. The van der Waals surface area contributed by atoms with Gasteiger partial charge in [0.1, 0.15) is 0 Å². The van der Waals surface area contributed by atoms with E-state index in [0.29, 0.717) is 5.56 Å². The Morgan fingerprint density at radius 2 is 2.00 bits per heavy atom. The minimum absolute atomic E-state index is 0.0591. The predicted octanol–water partition coefficient (Wildman–Crippen LogP) is 3.59. The zero-order valence-corrected chi connectivity index (χ0v) is 11.2. The summed E-state index contributed by atoms with van der Waals surface area (Å²) in [4.78, 5) is 15.9. The maximum Gasteiger partial charge on any atom is 0.416 e. The Bertz CT molecular complexity index is 636. The van der Waals surface area contributed by atoms with Crippen LogP contribution in [0.3, 0.4) is 0 Å². The number of amides is 1. The van der Waals surface area contributed by atoms with Crippen LogP contribution in [0.5, 0.6) is 0 Å². The Kier molecular flexibility index (Phi) is 4.26. The van der Waals surface area contributed by atoms with Gasteiger partial charge in [-0.3, -0.25) is 9.78 Å². The summed E-state index contributed by atoms with van der Waals surface area (Å²) in [6.45, 7) is 1.83. The van der Waals surface area contributed by atoms with E-state index in [1.54, 1.807) is 18.3 Å². The van der Waals surface area contributed by atoms with Gasteiger partial charge in [0.25, 0.3) is 0 Å². The molecule has 1 heterocycles. The Hall–Kier alpha value is -2.37. The molecule has 0 saturated heterocycles. The highest BCUT2D eigenvalue weighted by Crippen LogP contribution is 2.30. The molecular weight excluding hydrogens is 281 g/mol. The molecule has 0 radical (unpaired) electrons. The average Bonchev–Trinajstić information content (AvgIpc) is 2.41. The van der Waals surface area contributed by atoms with Gasteiger partial charge in [-0.1, -0.05) is 12.1 Å². The topological polar surface area (TPSA) is 42.0 Å². The van der Waals surface area contributed by atoms with Gasteiger partial charge in [-0.2, -0.15) is 13.2 Å². The van der Waals surface area contributed by atoms with E-state index in [1.807, 2.05) is 6.92 Å². The number of pyridine rings is 1. The summed E-state index contributed by atoms with van der Waals surface area (Å²) in [6.07, 6.45) is -2.80. The summed E-state index contributed by atoms with van der Waals surface area (Å²) in [7, 11) is 0. The lowest BCUT2D eigenvalue weighted by atomic mass is 10.1. The number of carbonyl (C=O) groups is 1. The summed E-state index contributed by atoms with van der Waals surface area (Å²) >= 11 is 0. The summed E-state index contributed by atoms with van der Waals surface area (Å²) in [5.74, 6) is -0.389. The molecule has 6 heteroatoms. The SMILES string of the molecule is Cc1ccc(CC(=O)Nc2cccc(C(F)(F)F)c2)cn1. The molecule has 2 rings (SSSR count). The third-order valence-corrected chi connectivity index (χ3v) is 2.81. The first-order valence-electron chi connectivity index (χ1n) is 6.23. The zero-order chi connectivity index (χ0) is 15.5. The van der Waals surface area contributed by atoms with E-state index < -0.39 is 11.7 Å². The lowest BCUT2D eigenvalue weighted by molar-refractivity contribution is -0.137. The second-order valence-corrected chi connectivity index (χ2v) is 4.61. The van der Waals surface area contributed by atoms with Crippen molar-refractivity contribution in [3.05, 3.63) is 59.4 Å². The van der Waals surface area contributed by atoms with Crippen LogP contribution in [0, 0.1) is 6.92 Å². The van der Waals surface area contributed by atoms with Crippen LogP contribution in [0.15, 0.2) is 42.6 Å². The molecular formula is C15H13F3N2O. The van der Waals surface area contributed by atoms with E-state index in [0.717, 1.165) is 17.8 Å². The van der Waals surface area contributed by atoms with Crippen molar-refractivity contribution >= 4 is 11.6 Å². The third kappa shape index (κ3) is 4.30. The van der Waals surface area contributed by atoms with E-state index in [-0.39, 0.29) is 18.0 Å². The number of alkyl halides is 3. The van der Waals surface area contributed by atoms with Crippen molar-refractivity contribution in [1.82, 2.24) is 4.98 Å². The molecule has 0 aliphatic carbocycles. The van der Waals surface area contributed by atoms with E-state index in [1.165, 1.54) is 12.1 Å². The average molecular weight is 294 g/mol. The van der Waals surface area contributed by atoms with Crippen LogP contribution in [0.25, 0.3) is 0 Å². The number of aryl methyl sites for hydroxylation is 1. The summed E-state index contributed by atoms with van der Waals surface area (Å²) < 4.78 is 37.7. The van der Waals surface area contributed by atoms with Crippen LogP contribution >= 0.6 is 0 Å². The zero-order valence-electron chi connectivity index (χ0n) is 11.2.